The van der Waals surface area contributed by atoms with Gasteiger partial charge in [-0.05, 0) is 45.9 Å². The summed E-state index contributed by atoms with van der Waals surface area (Å²) in [6.45, 7) is 6.70. The molecule has 1 aromatic rings. The van der Waals surface area contributed by atoms with Crippen molar-refractivity contribution in [3.63, 3.8) is 0 Å². The van der Waals surface area contributed by atoms with Crippen LogP contribution in [0.3, 0.4) is 0 Å². The zero-order chi connectivity index (χ0) is 18.4. The number of benzene rings is 1. The van der Waals surface area contributed by atoms with Gasteiger partial charge >= 0.3 is 5.97 Å². The van der Waals surface area contributed by atoms with Gasteiger partial charge in [0, 0.05) is 11.1 Å². The van der Waals surface area contributed by atoms with Gasteiger partial charge in [-0.2, -0.15) is 0 Å². The Morgan fingerprint density at radius 2 is 1.92 bits per heavy atom. The Morgan fingerprint density at radius 1 is 1.20 bits per heavy atom. The van der Waals surface area contributed by atoms with E-state index in [-0.39, 0.29) is 31.5 Å². The maximum absolute atomic E-state index is 11.6. The van der Waals surface area contributed by atoms with Gasteiger partial charge in [0.15, 0.2) is 18.1 Å². The Balaban J connectivity index is 1.76. The van der Waals surface area contributed by atoms with Crippen LogP contribution in [-0.2, 0) is 19.2 Å². The summed E-state index contributed by atoms with van der Waals surface area (Å²) in [6.07, 6.45) is 0. The molecule has 1 aliphatic rings. The van der Waals surface area contributed by atoms with Gasteiger partial charge in [0.1, 0.15) is 0 Å². The van der Waals surface area contributed by atoms with E-state index in [1.807, 2.05) is 26.8 Å². The van der Waals surface area contributed by atoms with E-state index in [1.54, 1.807) is 19.1 Å². The predicted octanol–water partition coefficient (Wildman–Crippen LogP) is 1.61. The molecule has 0 saturated heterocycles. The van der Waals surface area contributed by atoms with Crippen LogP contribution in [-0.4, -0.2) is 43.1 Å². The van der Waals surface area contributed by atoms with Gasteiger partial charge in [0.05, 0.1) is 5.71 Å². The second kappa shape index (κ2) is 7.87. The standard InChI is InChI=1S/C17H22N2O6/c1-11(12-5-6-13-14(7-12)24-10-23-13)19-25-9-16(21)22-8-15(20)18-17(2,3)4/h5-7H,8-10H2,1-4H3,(H,18,20)/b19-11-. The Labute approximate surface area is 146 Å². The number of oxime groups is 1. The number of amides is 1. The highest BCUT2D eigenvalue weighted by molar-refractivity contribution is 5.99. The molecule has 0 fully saturated rings. The quantitative estimate of drug-likeness (QED) is 0.476. The maximum Gasteiger partial charge on any atom is 0.347 e. The van der Waals surface area contributed by atoms with Gasteiger partial charge in [0.25, 0.3) is 5.91 Å². The lowest BCUT2D eigenvalue weighted by atomic mass is 10.1. The van der Waals surface area contributed by atoms with Crippen molar-refractivity contribution < 1.29 is 28.6 Å². The van der Waals surface area contributed by atoms with E-state index in [2.05, 4.69) is 10.5 Å². The van der Waals surface area contributed by atoms with Gasteiger partial charge < -0.3 is 24.4 Å². The number of ether oxygens (including phenoxy) is 3. The first kappa shape index (κ1) is 18.6. The largest absolute Gasteiger partial charge is 0.454 e. The van der Waals surface area contributed by atoms with E-state index in [1.165, 1.54) is 0 Å². The first-order chi connectivity index (χ1) is 11.7. The van der Waals surface area contributed by atoms with Crippen LogP contribution in [0, 0.1) is 0 Å². The Hall–Kier alpha value is -2.77. The molecule has 136 valence electrons. The lowest BCUT2D eigenvalue weighted by Gasteiger charge is -2.20. The molecule has 1 amide bonds. The van der Waals surface area contributed by atoms with Crippen molar-refractivity contribution in [3.8, 4) is 11.5 Å². The van der Waals surface area contributed by atoms with Crippen LogP contribution in [0.4, 0.5) is 0 Å². The van der Waals surface area contributed by atoms with Gasteiger partial charge in [-0.25, -0.2) is 4.79 Å². The molecule has 0 bridgehead atoms. The number of carbonyl (C=O) groups excluding carboxylic acids is 2. The van der Waals surface area contributed by atoms with Crippen molar-refractivity contribution in [1.29, 1.82) is 0 Å². The molecular weight excluding hydrogens is 328 g/mol. The maximum atomic E-state index is 11.6. The van der Waals surface area contributed by atoms with E-state index in [4.69, 9.17) is 19.0 Å². The van der Waals surface area contributed by atoms with E-state index in [0.717, 1.165) is 5.56 Å². The summed E-state index contributed by atoms with van der Waals surface area (Å²) in [4.78, 5) is 28.1. The lowest BCUT2D eigenvalue weighted by Crippen LogP contribution is -2.42. The third-order valence-corrected chi connectivity index (χ3v) is 3.05. The van der Waals surface area contributed by atoms with Gasteiger partial charge in [-0.3, -0.25) is 4.79 Å². The summed E-state index contributed by atoms with van der Waals surface area (Å²) in [5.41, 5.74) is 0.963. The number of fused-ring (bicyclic) bond motifs is 1. The summed E-state index contributed by atoms with van der Waals surface area (Å²) < 4.78 is 15.3. The molecule has 8 heteroatoms. The molecule has 1 heterocycles. The number of nitrogens with zero attached hydrogens (tertiary/aromatic N) is 1. The zero-order valence-electron chi connectivity index (χ0n) is 14.8. The average Bonchev–Trinajstić information content (AvgIpc) is 2.98. The molecule has 0 aliphatic carbocycles. The van der Waals surface area contributed by atoms with Gasteiger partial charge in [0.2, 0.25) is 13.4 Å². The molecule has 0 saturated carbocycles. The smallest absolute Gasteiger partial charge is 0.347 e. The van der Waals surface area contributed by atoms with Crippen molar-refractivity contribution in [2.24, 2.45) is 5.16 Å². The average molecular weight is 350 g/mol. The fourth-order valence-electron chi connectivity index (χ4n) is 2.00. The summed E-state index contributed by atoms with van der Waals surface area (Å²) in [6, 6.07) is 5.36. The van der Waals surface area contributed by atoms with E-state index in [0.29, 0.717) is 17.2 Å². The monoisotopic (exact) mass is 350 g/mol. The van der Waals surface area contributed by atoms with Crippen molar-refractivity contribution in [2.75, 3.05) is 20.0 Å². The van der Waals surface area contributed by atoms with Gasteiger partial charge in [-0.15, -0.1) is 0 Å². The van der Waals surface area contributed by atoms with E-state index >= 15 is 0 Å². The van der Waals surface area contributed by atoms with Crippen LogP contribution in [0.5, 0.6) is 11.5 Å². The summed E-state index contributed by atoms with van der Waals surface area (Å²) in [7, 11) is 0. The van der Waals surface area contributed by atoms with Crippen molar-refractivity contribution in [1.82, 2.24) is 5.32 Å². The number of hydrogen-bond acceptors (Lipinski definition) is 7. The summed E-state index contributed by atoms with van der Waals surface area (Å²) >= 11 is 0. The Bertz CT molecular complexity index is 678. The topological polar surface area (TPSA) is 95.5 Å². The predicted molar refractivity (Wildman–Crippen MR) is 89.6 cm³/mol. The highest BCUT2D eigenvalue weighted by atomic mass is 16.7. The summed E-state index contributed by atoms with van der Waals surface area (Å²) in [5, 5.41) is 6.55. The Kier molecular flexibility index (Phi) is 5.84. The fraction of sp³-hybridized carbons (Fsp3) is 0.471. The van der Waals surface area contributed by atoms with Crippen LogP contribution in [0.2, 0.25) is 0 Å². The highest BCUT2D eigenvalue weighted by Crippen LogP contribution is 2.32. The van der Waals surface area contributed by atoms with Crippen molar-refractivity contribution in [3.05, 3.63) is 23.8 Å². The minimum atomic E-state index is -0.675. The summed E-state index contributed by atoms with van der Waals surface area (Å²) in [5.74, 6) is 0.262. The molecule has 1 aromatic carbocycles. The molecule has 0 aromatic heterocycles. The molecule has 1 N–H and O–H groups in total. The number of hydrogen-bond donors (Lipinski definition) is 1. The van der Waals surface area contributed by atoms with Crippen LogP contribution >= 0.6 is 0 Å². The minimum Gasteiger partial charge on any atom is -0.454 e. The normalized spacial score (nSPS) is 13.4. The first-order valence-electron chi connectivity index (χ1n) is 7.78. The zero-order valence-corrected chi connectivity index (χ0v) is 14.8. The third kappa shape index (κ3) is 5.98. The Morgan fingerprint density at radius 3 is 2.64 bits per heavy atom. The number of carbonyl (C=O) groups is 2. The van der Waals surface area contributed by atoms with Gasteiger partial charge in [-0.1, -0.05) is 5.16 Å². The minimum absolute atomic E-state index is 0.195. The molecule has 1 aliphatic heterocycles. The molecule has 0 spiro atoms. The number of esters is 1. The molecule has 8 nitrogen and oxygen atoms in total. The van der Waals surface area contributed by atoms with Crippen molar-refractivity contribution >= 4 is 17.6 Å². The van der Waals surface area contributed by atoms with E-state index in [9.17, 15) is 9.59 Å². The second-order valence-electron chi connectivity index (χ2n) is 6.48. The number of rotatable bonds is 6. The first-order valence-corrected chi connectivity index (χ1v) is 7.78. The van der Waals surface area contributed by atoms with Crippen LogP contribution in [0.15, 0.2) is 23.4 Å². The SMILES string of the molecule is C/C(=N/OCC(=O)OCC(=O)NC(C)(C)C)c1ccc2c(c1)OCO2. The molecule has 0 radical (unpaired) electrons. The second-order valence-corrected chi connectivity index (χ2v) is 6.48. The van der Waals surface area contributed by atoms with Crippen LogP contribution in [0.25, 0.3) is 0 Å². The van der Waals surface area contributed by atoms with E-state index < -0.39 is 5.97 Å². The molecular formula is C17H22N2O6. The number of nitrogens with one attached hydrogen (secondary N) is 1. The molecule has 25 heavy (non-hydrogen) atoms. The molecule has 0 atom stereocenters. The highest BCUT2D eigenvalue weighted by Gasteiger charge is 2.16. The van der Waals surface area contributed by atoms with Crippen LogP contribution in [0.1, 0.15) is 33.3 Å². The molecule has 2 rings (SSSR count). The molecule has 0 unspecified atom stereocenters. The van der Waals surface area contributed by atoms with Crippen molar-refractivity contribution in [2.45, 2.75) is 33.2 Å². The lowest BCUT2D eigenvalue weighted by molar-refractivity contribution is -0.153. The third-order valence-electron chi connectivity index (χ3n) is 3.05. The van der Waals surface area contributed by atoms with Crippen LogP contribution < -0.4 is 14.8 Å². The fourth-order valence-corrected chi connectivity index (χ4v) is 2.00.